The second-order valence-electron chi connectivity index (χ2n) is 6.40. The topological polar surface area (TPSA) is 75.4 Å². The molecule has 2 heterocycles. The molecule has 0 spiro atoms. The Bertz CT molecular complexity index is 740. The van der Waals surface area contributed by atoms with Gasteiger partial charge in [-0.15, -0.1) is 10.2 Å². The van der Waals surface area contributed by atoms with E-state index in [1.54, 1.807) is 0 Å². The zero-order chi connectivity index (χ0) is 17.8. The predicted molar refractivity (Wildman–Crippen MR) is 98.7 cm³/mol. The van der Waals surface area contributed by atoms with E-state index >= 15 is 0 Å². The number of amides is 1. The van der Waals surface area contributed by atoms with E-state index in [-0.39, 0.29) is 11.2 Å². The number of nitrogens with zero attached hydrogens (tertiary/aromatic N) is 4. The highest BCUT2D eigenvalue weighted by atomic mass is 35.5. The molecular weight excluding hydrogens is 338 g/mol. The number of aromatic nitrogens is 2. The second kappa shape index (κ2) is 7.80. The van der Waals surface area contributed by atoms with Gasteiger partial charge in [-0.25, -0.2) is 0 Å². The number of rotatable bonds is 5. The molecule has 132 valence electrons. The summed E-state index contributed by atoms with van der Waals surface area (Å²) in [7, 11) is 1.93. The minimum atomic E-state index is -0.546. The van der Waals surface area contributed by atoms with Gasteiger partial charge in [-0.2, -0.15) is 0 Å². The average molecular weight is 360 g/mol. The quantitative estimate of drug-likeness (QED) is 0.886. The summed E-state index contributed by atoms with van der Waals surface area (Å²) >= 11 is 5.86. The van der Waals surface area contributed by atoms with Crippen LogP contribution in [0.5, 0.6) is 0 Å². The van der Waals surface area contributed by atoms with Crippen molar-refractivity contribution in [3.63, 3.8) is 0 Å². The van der Waals surface area contributed by atoms with Crippen molar-refractivity contribution in [2.75, 3.05) is 25.0 Å². The van der Waals surface area contributed by atoms with Gasteiger partial charge in [0, 0.05) is 26.2 Å². The molecule has 0 bridgehead atoms. The van der Waals surface area contributed by atoms with Gasteiger partial charge in [-0.1, -0.05) is 41.9 Å². The Morgan fingerprint density at radius 2 is 2.12 bits per heavy atom. The van der Waals surface area contributed by atoms with Gasteiger partial charge >= 0.3 is 0 Å². The molecule has 1 aliphatic rings. The summed E-state index contributed by atoms with van der Waals surface area (Å²) < 4.78 is 0. The number of primary amides is 1. The van der Waals surface area contributed by atoms with Crippen molar-refractivity contribution in [2.24, 2.45) is 5.73 Å². The largest absolute Gasteiger partial charge is 0.365 e. The molecular formula is C18H22ClN5O. The highest BCUT2D eigenvalue weighted by molar-refractivity contribution is 6.29. The molecule has 7 heteroatoms. The van der Waals surface area contributed by atoms with E-state index in [1.807, 2.05) is 18.0 Å². The summed E-state index contributed by atoms with van der Waals surface area (Å²) in [5.74, 6) is -0.0564. The highest BCUT2D eigenvalue weighted by Crippen LogP contribution is 2.24. The minimum absolute atomic E-state index is 0.167. The molecule has 1 fully saturated rings. The Balaban J connectivity index is 1.74. The lowest BCUT2D eigenvalue weighted by Gasteiger charge is -2.38. The van der Waals surface area contributed by atoms with Crippen molar-refractivity contribution in [2.45, 2.75) is 25.4 Å². The summed E-state index contributed by atoms with van der Waals surface area (Å²) in [6.07, 6.45) is 2.12. The fraction of sp³-hybridized carbons (Fsp3) is 0.389. The van der Waals surface area contributed by atoms with Gasteiger partial charge in [0.2, 0.25) is 0 Å². The van der Waals surface area contributed by atoms with E-state index in [2.05, 4.69) is 39.4 Å². The number of halogens is 1. The van der Waals surface area contributed by atoms with E-state index in [0.717, 1.165) is 32.5 Å². The Hall–Kier alpha value is -2.18. The van der Waals surface area contributed by atoms with Crippen LogP contribution < -0.4 is 10.6 Å². The standard InChI is InChI=1S/C18H22ClN5O/c1-23(18-15(17(20)25)10-16(19)21-22-18)14-8-5-9-24(12-14)11-13-6-3-2-4-7-13/h2-4,6-7,10,14H,5,8-9,11-12H2,1H3,(H2,20,25). The van der Waals surface area contributed by atoms with Crippen LogP contribution in [0.25, 0.3) is 0 Å². The number of anilines is 1. The van der Waals surface area contributed by atoms with Gasteiger partial charge in [0.05, 0.1) is 5.56 Å². The minimum Gasteiger partial charge on any atom is -0.365 e. The van der Waals surface area contributed by atoms with Gasteiger partial charge in [-0.3, -0.25) is 9.69 Å². The average Bonchev–Trinajstić information content (AvgIpc) is 2.62. The number of hydrogen-bond donors (Lipinski definition) is 1. The van der Waals surface area contributed by atoms with Crippen LogP contribution in [0, 0.1) is 0 Å². The van der Waals surface area contributed by atoms with E-state index in [1.165, 1.54) is 11.6 Å². The normalized spacial score (nSPS) is 18.1. The summed E-state index contributed by atoms with van der Waals surface area (Å²) in [6.45, 7) is 2.88. The van der Waals surface area contributed by atoms with Crippen LogP contribution in [0.15, 0.2) is 36.4 Å². The molecule has 1 unspecified atom stereocenters. The third-order valence-electron chi connectivity index (χ3n) is 4.62. The van der Waals surface area contributed by atoms with Gasteiger partial charge < -0.3 is 10.6 Å². The first-order chi connectivity index (χ1) is 12.0. The summed E-state index contributed by atoms with van der Waals surface area (Å²) in [5.41, 5.74) is 7.09. The number of nitrogens with two attached hydrogens (primary N) is 1. The molecule has 1 aromatic heterocycles. The molecule has 6 nitrogen and oxygen atoms in total. The first-order valence-corrected chi connectivity index (χ1v) is 8.74. The lowest BCUT2D eigenvalue weighted by atomic mass is 10.0. The lowest BCUT2D eigenvalue weighted by Crippen LogP contribution is -2.47. The number of likely N-dealkylation sites (tertiary alicyclic amines) is 1. The maximum absolute atomic E-state index is 11.7. The maximum Gasteiger partial charge on any atom is 0.252 e. The second-order valence-corrected chi connectivity index (χ2v) is 6.78. The van der Waals surface area contributed by atoms with Crippen LogP contribution in [-0.4, -0.2) is 47.2 Å². The number of carbonyl (C=O) groups is 1. The molecule has 0 radical (unpaired) electrons. The van der Waals surface area contributed by atoms with E-state index in [4.69, 9.17) is 17.3 Å². The van der Waals surface area contributed by atoms with Crippen molar-refractivity contribution in [1.82, 2.24) is 15.1 Å². The van der Waals surface area contributed by atoms with Crippen LogP contribution in [0.1, 0.15) is 28.8 Å². The lowest BCUT2D eigenvalue weighted by molar-refractivity contribution is 0.1000. The highest BCUT2D eigenvalue weighted by Gasteiger charge is 2.27. The summed E-state index contributed by atoms with van der Waals surface area (Å²) in [5, 5.41) is 8.15. The van der Waals surface area contributed by atoms with Crippen LogP contribution in [0.4, 0.5) is 5.82 Å². The summed E-state index contributed by atoms with van der Waals surface area (Å²) in [4.78, 5) is 16.1. The summed E-state index contributed by atoms with van der Waals surface area (Å²) in [6, 6.07) is 12.2. The first-order valence-electron chi connectivity index (χ1n) is 8.36. The molecule has 2 aromatic rings. The van der Waals surface area contributed by atoms with E-state index in [9.17, 15) is 4.79 Å². The molecule has 0 aliphatic carbocycles. The Kier molecular flexibility index (Phi) is 5.50. The molecule has 1 amide bonds. The van der Waals surface area contributed by atoms with E-state index < -0.39 is 5.91 Å². The number of hydrogen-bond acceptors (Lipinski definition) is 5. The van der Waals surface area contributed by atoms with E-state index in [0.29, 0.717) is 11.4 Å². The monoisotopic (exact) mass is 359 g/mol. The van der Waals surface area contributed by atoms with Crippen molar-refractivity contribution in [3.8, 4) is 0 Å². The number of likely N-dealkylation sites (N-methyl/N-ethyl adjacent to an activating group) is 1. The number of carbonyl (C=O) groups excluding carboxylic acids is 1. The third kappa shape index (κ3) is 4.27. The fourth-order valence-electron chi connectivity index (χ4n) is 3.31. The van der Waals surface area contributed by atoms with Gasteiger partial charge in [0.25, 0.3) is 5.91 Å². The van der Waals surface area contributed by atoms with Crippen molar-refractivity contribution >= 4 is 23.3 Å². The van der Waals surface area contributed by atoms with Crippen LogP contribution in [-0.2, 0) is 6.54 Å². The molecule has 2 N–H and O–H groups in total. The number of piperidine rings is 1. The number of benzene rings is 1. The maximum atomic E-state index is 11.7. The van der Waals surface area contributed by atoms with Crippen LogP contribution in [0.3, 0.4) is 0 Å². The zero-order valence-corrected chi connectivity index (χ0v) is 15.0. The Morgan fingerprint density at radius 3 is 2.84 bits per heavy atom. The predicted octanol–water partition coefficient (Wildman–Crippen LogP) is 2.33. The molecule has 1 atom stereocenters. The first kappa shape index (κ1) is 17.6. The molecule has 3 rings (SSSR count). The zero-order valence-electron chi connectivity index (χ0n) is 14.2. The van der Waals surface area contributed by atoms with Gasteiger partial charge in [-0.05, 0) is 31.0 Å². The van der Waals surface area contributed by atoms with Crippen LogP contribution in [0.2, 0.25) is 5.15 Å². The van der Waals surface area contributed by atoms with Crippen LogP contribution >= 0.6 is 11.6 Å². The fourth-order valence-corrected chi connectivity index (χ4v) is 3.46. The third-order valence-corrected chi connectivity index (χ3v) is 4.81. The smallest absolute Gasteiger partial charge is 0.252 e. The molecule has 1 aromatic carbocycles. The van der Waals surface area contributed by atoms with Crippen molar-refractivity contribution < 1.29 is 4.79 Å². The van der Waals surface area contributed by atoms with Crippen molar-refractivity contribution in [3.05, 3.63) is 52.7 Å². The van der Waals surface area contributed by atoms with Gasteiger partial charge in [0.1, 0.15) is 0 Å². The molecule has 1 aliphatic heterocycles. The Morgan fingerprint density at radius 1 is 1.36 bits per heavy atom. The van der Waals surface area contributed by atoms with Gasteiger partial charge in [0.15, 0.2) is 11.0 Å². The molecule has 0 saturated carbocycles. The SMILES string of the molecule is CN(c1nnc(Cl)cc1C(N)=O)C1CCCN(Cc2ccccc2)C1. The molecule has 25 heavy (non-hydrogen) atoms. The van der Waals surface area contributed by atoms with Crippen molar-refractivity contribution in [1.29, 1.82) is 0 Å². The molecule has 1 saturated heterocycles. The Labute approximate surface area is 152 Å².